The van der Waals surface area contributed by atoms with Crippen LogP contribution in [0.15, 0.2) is 84.9 Å². The Kier molecular flexibility index (Phi) is 14.6. The molecule has 64 heavy (non-hydrogen) atoms. The Balaban J connectivity index is 0.000000161. The van der Waals surface area contributed by atoms with Gasteiger partial charge in [0.2, 0.25) is 0 Å². The molecule has 0 radical (unpaired) electrons. The third kappa shape index (κ3) is 9.46. The molecule has 9 rings (SSSR count). The van der Waals surface area contributed by atoms with Crippen LogP contribution in [0.3, 0.4) is 0 Å². The third-order valence-corrected chi connectivity index (χ3v) is 14.5. The standard InChI is InChI=1S/C23H25NO3.C22H30BNO4.C7H7IO/c1-24-20-14-17(23(25)27-3)10-13-19(20)21(15-6-4-5-7-15)22(24)16-8-11-18(26-2)12-9-16;1-21(2)22(3,4)28-23(27-21)19-18(14-9-7-8-10-14)16-12-11-15(20(25)26-6)13-17(16)24(19)5;1-9-7-4-2-6(8)3-5-7/h8-15H,4-7H2,1-3H3;11-14H,7-10H2,1-6H3;2-5H,1H3. The van der Waals surface area contributed by atoms with Crippen molar-refractivity contribution < 1.29 is 37.8 Å². The average Bonchev–Trinajstić information content (AvgIpc) is 4.15. The predicted molar refractivity (Wildman–Crippen MR) is 264 cm³/mol. The van der Waals surface area contributed by atoms with E-state index >= 15 is 0 Å². The summed E-state index contributed by atoms with van der Waals surface area (Å²) in [6.45, 7) is 8.33. The molecule has 2 aromatic heterocycles. The van der Waals surface area contributed by atoms with Crippen molar-refractivity contribution in [2.75, 3.05) is 28.4 Å². The second kappa shape index (κ2) is 19.8. The van der Waals surface area contributed by atoms with E-state index in [1.54, 1.807) is 14.2 Å². The molecule has 2 aliphatic carbocycles. The molecule has 0 atom stereocenters. The quantitative estimate of drug-likeness (QED) is 0.0845. The first-order valence-corrected chi connectivity index (χ1v) is 23.4. The minimum absolute atomic E-state index is 0.300. The molecular formula is C52H62BIN2O8. The van der Waals surface area contributed by atoms with Crippen molar-refractivity contribution >= 4 is 69.0 Å². The van der Waals surface area contributed by atoms with Crippen LogP contribution in [0.25, 0.3) is 33.1 Å². The van der Waals surface area contributed by atoms with Crippen LogP contribution < -0.4 is 15.1 Å². The summed E-state index contributed by atoms with van der Waals surface area (Å²) in [5, 5.41) is 2.43. The molecule has 6 aromatic rings. The number of esters is 2. The maximum Gasteiger partial charge on any atom is 0.512 e. The zero-order valence-corrected chi connectivity index (χ0v) is 41.2. The van der Waals surface area contributed by atoms with E-state index in [0.717, 1.165) is 28.1 Å². The highest BCUT2D eigenvalue weighted by atomic mass is 127. The van der Waals surface area contributed by atoms with Gasteiger partial charge in [0, 0.05) is 39.5 Å². The van der Waals surface area contributed by atoms with Crippen LogP contribution in [0.5, 0.6) is 11.5 Å². The number of carbonyl (C=O) groups excluding carboxylic acids is 2. The van der Waals surface area contributed by atoms with Crippen molar-refractivity contribution in [1.82, 2.24) is 9.13 Å². The van der Waals surface area contributed by atoms with Gasteiger partial charge in [-0.25, -0.2) is 9.59 Å². The molecule has 4 aromatic carbocycles. The highest BCUT2D eigenvalue weighted by molar-refractivity contribution is 14.1. The number of hydrogen-bond acceptors (Lipinski definition) is 8. The molecule has 0 spiro atoms. The second-order valence-corrected chi connectivity index (χ2v) is 19.3. The molecule has 3 heterocycles. The molecule has 2 saturated carbocycles. The van der Waals surface area contributed by atoms with Gasteiger partial charge in [-0.1, -0.05) is 37.8 Å². The van der Waals surface area contributed by atoms with Crippen molar-refractivity contribution in [1.29, 1.82) is 0 Å². The fraction of sp³-hybridized carbons (Fsp3) is 0.423. The zero-order chi connectivity index (χ0) is 45.9. The van der Waals surface area contributed by atoms with Gasteiger partial charge in [-0.05, 0) is 177 Å². The van der Waals surface area contributed by atoms with Gasteiger partial charge in [-0.3, -0.25) is 0 Å². The molecule has 3 fully saturated rings. The van der Waals surface area contributed by atoms with Gasteiger partial charge in [-0.2, -0.15) is 0 Å². The minimum atomic E-state index is -0.417. The van der Waals surface area contributed by atoms with E-state index in [1.807, 2.05) is 67.7 Å². The second-order valence-electron chi connectivity index (χ2n) is 18.1. The number of aromatic nitrogens is 2. The van der Waals surface area contributed by atoms with E-state index in [-0.39, 0.29) is 11.9 Å². The molecule has 10 nitrogen and oxygen atoms in total. The molecule has 0 unspecified atom stereocenters. The smallest absolute Gasteiger partial charge is 0.497 e. The Morgan fingerprint density at radius 3 is 1.48 bits per heavy atom. The van der Waals surface area contributed by atoms with Gasteiger partial charge in [0.25, 0.3) is 0 Å². The molecule has 1 aliphatic heterocycles. The molecule has 12 heteroatoms. The summed E-state index contributed by atoms with van der Waals surface area (Å²) in [7, 11) is 9.90. The van der Waals surface area contributed by atoms with Crippen LogP contribution in [0.1, 0.15) is 123 Å². The summed E-state index contributed by atoms with van der Waals surface area (Å²) in [5.41, 5.74) is 8.70. The molecule has 338 valence electrons. The molecular weight excluding hydrogens is 918 g/mol. The summed E-state index contributed by atoms with van der Waals surface area (Å²) < 4.78 is 38.6. The SMILES string of the molecule is COC(=O)c1ccc2c(C3CCCC3)c(-c3ccc(OC)cc3)n(C)c2c1.COC(=O)c1ccc2c(C3CCCC3)c(B3OC(C)(C)C(C)(C)O3)n(C)c2c1.COc1ccc(I)cc1. The number of carbonyl (C=O) groups is 2. The van der Waals surface area contributed by atoms with Crippen molar-refractivity contribution in [3.05, 3.63) is 111 Å². The number of ether oxygens (including phenoxy) is 4. The lowest BCUT2D eigenvalue weighted by Gasteiger charge is -2.32. The largest absolute Gasteiger partial charge is 0.512 e. The van der Waals surface area contributed by atoms with Gasteiger partial charge in [0.05, 0.1) is 62.1 Å². The van der Waals surface area contributed by atoms with Crippen LogP contribution in [0.4, 0.5) is 0 Å². The van der Waals surface area contributed by atoms with Crippen LogP contribution in [-0.2, 0) is 32.9 Å². The van der Waals surface area contributed by atoms with Crippen LogP contribution >= 0.6 is 22.6 Å². The zero-order valence-electron chi connectivity index (χ0n) is 39.0. The predicted octanol–water partition coefficient (Wildman–Crippen LogP) is 11.5. The van der Waals surface area contributed by atoms with Crippen LogP contribution in [0.2, 0.25) is 0 Å². The highest BCUT2D eigenvalue weighted by Gasteiger charge is 2.54. The Morgan fingerprint density at radius 1 is 0.609 bits per heavy atom. The van der Waals surface area contributed by atoms with E-state index in [4.69, 9.17) is 28.3 Å². The molecule has 0 N–H and O–H groups in total. The van der Waals surface area contributed by atoms with E-state index < -0.39 is 18.3 Å². The molecule has 0 bridgehead atoms. The van der Waals surface area contributed by atoms with Gasteiger partial charge >= 0.3 is 19.1 Å². The molecule has 3 aliphatic rings. The number of benzene rings is 4. The summed E-state index contributed by atoms with van der Waals surface area (Å²) in [6, 6.07) is 27.9. The van der Waals surface area contributed by atoms with E-state index in [9.17, 15) is 9.59 Å². The lowest BCUT2D eigenvalue weighted by atomic mass is 9.77. The van der Waals surface area contributed by atoms with E-state index in [0.29, 0.717) is 23.0 Å². The molecule has 1 saturated heterocycles. The lowest BCUT2D eigenvalue weighted by molar-refractivity contribution is 0.00578. The minimum Gasteiger partial charge on any atom is -0.497 e. The third-order valence-electron chi connectivity index (χ3n) is 13.8. The summed E-state index contributed by atoms with van der Waals surface area (Å²) in [6.07, 6.45) is 9.89. The topological polar surface area (TPSA) is 99.4 Å². The van der Waals surface area contributed by atoms with Crippen molar-refractivity contribution in [3.8, 4) is 22.8 Å². The normalized spacial score (nSPS) is 16.9. The summed E-state index contributed by atoms with van der Waals surface area (Å²) >= 11 is 2.26. The Hall–Kier alpha value is -4.79. The number of fused-ring (bicyclic) bond motifs is 2. The maximum absolute atomic E-state index is 12.1. The first-order chi connectivity index (χ1) is 30.6. The Bertz CT molecular complexity index is 2580. The van der Waals surface area contributed by atoms with Gasteiger partial charge in [0.1, 0.15) is 11.5 Å². The maximum atomic E-state index is 12.1. The lowest BCUT2D eigenvalue weighted by Crippen LogP contribution is -2.41. The monoisotopic (exact) mass is 980 g/mol. The fourth-order valence-electron chi connectivity index (χ4n) is 9.62. The fourth-order valence-corrected chi connectivity index (χ4v) is 9.98. The first kappa shape index (κ1) is 47.2. The number of halogens is 1. The van der Waals surface area contributed by atoms with Crippen LogP contribution in [0, 0.1) is 3.57 Å². The summed E-state index contributed by atoms with van der Waals surface area (Å²) in [4.78, 5) is 24.1. The number of aryl methyl sites for hydroxylation is 2. The van der Waals surface area contributed by atoms with Crippen molar-refractivity contribution in [2.45, 2.75) is 102 Å². The first-order valence-electron chi connectivity index (χ1n) is 22.3. The van der Waals surface area contributed by atoms with Crippen molar-refractivity contribution in [3.63, 3.8) is 0 Å². The number of hydrogen-bond donors (Lipinski definition) is 0. The van der Waals surface area contributed by atoms with Crippen molar-refractivity contribution in [2.24, 2.45) is 14.1 Å². The van der Waals surface area contributed by atoms with E-state index in [2.05, 4.69) is 90.7 Å². The number of nitrogens with zero attached hydrogens (tertiary/aromatic N) is 2. The van der Waals surface area contributed by atoms with Gasteiger partial charge < -0.3 is 37.4 Å². The van der Waals surface area contributed by atoms with Gasteiger partial charge in [-0.15, -0.1) is 0 Å². The molecule has 0 amide bonds. The number of rotatable bonds is 8. The summed E-state index contributed by atoms with van der Waals surface area (Å²) in [5.74, 6) is 2.22. The van der Waals surface area contributed by atoms with E-state index in [1.165, 1.54) is 102 Å². The van der Waals surface area contributed by atoms with Crippen LogP contribution in [-0.4, -0.2) is 67.8 Å². The average molecular weight is 981 g/mol. The Morgan fingerprint density at radius 2 is 1.03 bits per heavy atom. The highest BCUT2D eigenvalue weighted by Crippen LogP contribution is 2.45. The number of methoxy groups -OCH3 is 4. The van der Waals surface area contributed by atoms with Gasteiger partial charge in [0.15, 0.2) is 0 Å². The Labute approximate surface area is 392 Å².